The number of amides is 1. The van der Waals surface area contributed by atoms with E-state index >= 15 is 0 Å². The molecule has 1 spiro atoms. The van der Waals surface area contributed by atoms with Gasteiger partial charge in [0, 0.05) is 6.54 Å². The van der Waals surface area contributed by atoms with Crippen LogP contribution in [0.25, 0.3) is 0 Å². The van der Waals surface area contributed by atoms with E-state index in [0.717, 1.165) is 25.8 Å². The quantitative estimate of drug-likeness (QED) is 0.725. The molecular weight excluding hydrogens is 176 g/mol. The number of nitrogens with one attached hydrogen (secondary N) is 1. The zero-order valence-electron chi connectivity index (χ0n) is 9.18. The van der Waals surface area contributed by atoms with Crippen LogP contribution in [-0.4, -0.2) is 29.1 Å². The minimum Gasteiger partial charge on any atom is -0.326 e. The molecule has 80 valence electrons. The molecule has 1 unspecified atom stereocenters. The summed E-state index contributed by atoms with van der Waals surface area (Å²) in [4.78, 5) is 14.2. The Morgan fingerprint density at radius 3 is 2.50 bits per heavy atom. The van der Waals surface area contributed by atoms with Crippen LogP contribution < -0.4 is 5.32 Å². The Bertz CT molecular complexity index is 233. The highest BCUT2D eigenvalue weighted by Gasteiger charge is 2.50. The van der Waals surface area contributed by atoms with Gasteiger partial charge in [0.2, 0.25) is 5.91 Å². The molecular formula is C11H20N2O. The summed E-state index contributed by atoms with van der Waals surface area (Å²) in [6, 6.07) is 0. The molecule has 2 rings (SSSR count). The van der Waals surface area contributed by atoms with Crippen LogP contribution in [0.2, 0.25) is 0 Å². The monoisotopic (exact) mass is 196 g/mol. The van der Waals surface area contributed by atoms with Crippen LogP contribution in [0, 0.1) is 0 Å². The van der Waals surface area contributed by atoms with E-state index in [1.807, 2.05) is 4.90 Å². The maximum absolute atomic E-state index is 12.2. The number of rotatable bonds is 2. The molecule has 1 heterocycles. The highest BCUT2D eigenvalue weighted by atomic mass is 16.2. The number of hydrogen-bond acceptors (Lipinski definition) is 2. The van der Waals surface area contributed by atoms with E-state index in [2.05, 4.69) is 19.2 Å². The lowest BCUT2D eigenvalue weighted by atomic mass is 9.98. The van der Waals surface area contributed by atoms with Crippen LogP contribution in [0.15, 0.2) is 0 Å². The van der Waals surface area contributed by atoms with E-state index in [-0.39, 0.29) is 11.7 Å². The molecule has 3 nitrogen and oxygen atoms in total. The van der Waals surface area contributed by atoms with Gasteiger partial charge in [-0.1, -0.05) is 19.8 Å². The molecule has 0 radical (unpaired) electrons. The molecule has 1 N–H and O–H groups in total. The smallest absolute Gasteiger partial charge is 0.244 e. The molecule has 3 heteroatoms. The fraction of sp³-hybridized carbons (Fsp3) is 0.909. The van der Waals surface area contributed by atoms with E-state index in [0.29, 0.717) is 5.91 Å². The predicted molar refractivity (Wildman–Crippen MR) is 55.8 cm³/mol. The van der Waals surface area contributed by atoms with E-state index in [9.17, 15) is 4.79 Å². The highest BCUT2D eigenvalue weighted by molar-refractivity contribution is 5.89. The van der Waals surface area contributed by atoms with E-state index in [1.165, 1.54) is 12.8 Å². The molecule has 0 aromatic heterocycles. The fourth-order valence-electron chi connectivity index (χ4n) is 2.90. The third-order valence-corrected chi connectivity index (χ3v) is 3.67. The maximum atomic E-state index is 12.2. The zero-order chi connectivity index (χ0) is 10.2. The SMILES string of the molecule is CCC1NC2(CCCC2)C(=O)N1CC. The van der Waals surface area contributed by atoms with Crippen molar-refractivity contribution in [2.24, 2.45) is 0 Å². The van der Waals surface area contributed by atoms with Crippen molar-refractivity contribution in [1.29, 1.82) is 0 Å². The van der Waals surface area contributed by atoms with E-state index in [4.69, 9.17) is 0 Å². The Kier molecular flexibility index (Phi) is 2.52. The molecule has 1 amide bonds. The van der Waals surface area contributed by atoms with Crippen molar-refractivity contribution in [1.82, 2.24) is 10.2 Å². The molecule has 2 fully saturated rings. The van der Waals surface area contributed by atoms with E-state index in [1.54, 1.807) is 0 Å². The lowest BCUT2D eigenvalue weighted by molar-refractivity contribution is -0.133. The molecule has 0 aromatic carbocycles. The lowest BCUT2D eigenvalue weighted by Crippen LogP contribution is -2.44. The van der Waals surface area contributed by atoms with Gasteiger partial charge in [-0.25, -0.2) is 0 Å². The van der Waals surface area contributed by atoms with E-state index < -0.39 is 0 Å². The average Bonchev–Trinajstić information content (AvgIpc) is 2.76. The Hall–Kier alpha value is -0.570. The van der Waals surface area contributed by atoms with Crippen molar-refractivity contribution < 1.29 is 4.79 Å². The number of hydrogen-bond donors (Lipinski definition) is 1. The first kappa shape index (κ1) is 9.97. The lowest BCUT2D eigenvalue weighted by Gasteiger charge is -2.20. The predicted octanol–water partition coefficient (Wildman–Crippen LogP) is 1.49. The van der Waals surface area contributed by atoms with Gasteiger partial charge in [-0.15, -0.1) is 0 Å². The standard InChI is InChI=1S/C11H20N2O/c1-3-9-12-11(7-5-6-8-11)10(14)13(9)4-2/h9,12H,3-8H2,1-2H3. The summed E-state index contributed by atoms with van der Waals surface area (Å²) in [5.74, 6) is 0.351. The van der Waals surface area contributed by atoms with Crippen molar-refractivity contribution >= 4 is 5.91 Å². The third kappa shape index (κ3) is 1.26. The second-order valence-corrected chi connectivity index (χ2v) is 4.45. The molecule has 0 aromatic rings. The summed E-state index contributed by atoms with van der Waals surface area (Å²) in [5, 5.41) is 3.54. The van der Waals surface area contributed by atoms with Crippen molar-refractivity contribution in [2.75, 3.05) is 6.54 Å². The van der Waals surface area contributed by atoms with Gasteiger partial charge >= 0.3 is 0 Å². The van der Waals surface area contributed by atoms with Gasteiger partial charge in [-0.2, -0.15) is 0 Å². The maximum Gasteiger partial charge on any atom is 0.244 e. The molecule has 1 saturated carbocycles. The largest absolute Gasteiger partial charge is 0.326 e. The molecule has 2 aliphatic rings. The summed E-state index contributed by atoms with van der Waals surface area (Å²) in [6.45, 7) is 5.05. The topological polar surface area (TPSA) is 32.3 Å². The van der Waals surface area contributed by atoms with Crippen LogP contribution in [0.4, 0.5) is 0 Å². The van der Waals surface area contributed by atoms with Gasteiger partial charge < -0.3 is 4.90 Å². The van der Waals surface area contributed by atoms with Gasteiger partial charge in [0.25, 0.3) is 0 Å². The van der Waals surface area contributed by atoms with Crippen molar-refractivity contribution in [3.8, 4) is 0 Å². The molecule has 1 atom stereocenters. The number of carbonyl (C=O) groups is 1. The van der Waals surface area contributed by atoms with Crippen molar-refractivity contribution in [3.63, 3.8) is 0 Å². The summed E-state index contributed by atoms with van der Waals surface area (Å²) in [5.41, 5.74) is -0.170. The van der Waals surface area contributed by atoms with Crippen molar-refractivity contribution in [2.45, 2.75) is 57.7 Å². The Morgan fingerprint density at radius 1 is 1.43 bits per heavy atom. The Morgan fingerprint density at radius 2 is 2.07 bits per heavy atom. The van der Waals surface area contributed by atoms with Gasteiger partial charge in [-0.05, 0) is 26.2 Å². The van der Waals surface area contributed by atoms with Gasteiger partial charge in [0.05, 0.1) is 11.7 Å². The van der Waals surface area contributed by atoms with Gasteiger partial charge in [0.15, 0.2) is 0 Å². The minimum atomic E-state index is -0.170. The molecule has 1 saturated heterocycles. The van der Waals surface area contributed by atoms with Crippen molar-refractivity contribution in [3.05, 3.63) is 0 Å². The third-order valence-electron chi connectivity index (χ3n) is 3.67. The number of nitrogens with zero attached hydrogens (tertiary/aromatic N) is 1. The molecule has 0 bridgehead atoms. The first-order valence-corrected chi connectivity index (χ1v) is 5.82. The highest BCUT2D eigenvalue weighted by Crippen LogP contribution is 2.36. The minimum absolute atomic E-state index is 0.170. The second-order valence-electron chi connectivity index (χ2n) is 4.45. The first-order valence-electron chi connectivity index (χ1n) is 5.82. The van der Waals surface area contributed by atoms with Gasteiger partial charge in [-0.3, -0.25) is 10.1 Å². The van der Waals surface area contributed by atoms with Crippen LogP contribution >= 0.6 is 0 Å². The summed E-state index contributed by atoms with van der Waals surface area (Å²) >= 11 is 0. The summed E-state index contributed by atoms with van der Waals surface area (Å²) in [6.07, 6.45) is 5.78. The Balaban J connectivity index is 2.19. The molecule has 14 heavy (non-hydrogen) atoms. The first-order chi connectivity index (χ1) is 6.73. The van der Waals surface area contributed by atoms with Gasteiger partial charge in [0.1, 0.15) is 0 Å². The van der Waals surface area contributed by atoms with Crippen LogP contribution in [-0.2, 0) is 4.79 Å². The average molecular weight is 196 g/mol. The summed E-state index contributed by atoms with van der Waals surface area (Å²) in [7, 11) is 0. The second kappa shape index (κ2) is 3.54. The molecule has 1 aliphatic heterocycles. The Labute approximate surface area is 85.8 Å². The van der Waals surface area contributed by atoms with Crippen LogP contribution in [0.1, 0.15) is 46.0 Å². The zero-order valence-corrected chi connectivity index (χ0v) is 9.18. The normalized spacial score (nSPS) is 30.6. The number of carbonyl (C=O) groups excluding carboxylic acids is 1. The van der Waals surface area contributed by atoms with Crippen LogP contribution in [0.3, 0.4) is 0 Å². The summed E-state index contributed by atoms with van der Waals surface area (Å²) < 4.78 is 0. The fourth-order valence-corrected chi connectivity index (χ4v) is 2.90. The van der Waals surface area contributed by atoms with Crippen LogP contribution in [0.5, 0.6) is 0 Å². The molecule has 1 aliphatic carbocycles. The number of likely N-dealkylation sites (N-methyl/N-ethyl adjacent to an activating group) is 1.